The second-order valence-corrected chi connectivity index (χ2v) is 16.0. The Balaban J connectivity index is 1.61. The Labute approximate surface area is 353 Å². The lowest BCUT2D eigenvalue weighted by atomic mass is 9.69. The SMILES string of the molecule is [3H]C1CC(=O)N(CCC(=O)CCCC(=O)CC(CC(=O)CCc2c(O)c(=O)ccn2C)(CC(=O)CCc2c(O)c(=O)ccn2C)CC(=O)CCc2c(O)c(=O)cc(C)n2C)C1=O. The van der Waals surface area contributed by atoms with Crippen molar-refractivity contribution >= 4 is 40.7 Å². The van der Waals surface area contributed by atoms with Crippen molar-refractivity contribution in [2.24, 2.45) is 26.6 Å². The molecule has 0 saturated carbocycles. The van der Waals surface area contributed by atoms with Crippen LogP contribution in [-0.4, -0.2) is 81.2 Å². The van der Waals surface area contributed by atoms with Gasteiger partial charge in [-0.25, -0.2) is 0 Å². The molecular weight excluding hydrogens is 792 g/mol. The van der Waals surface area contributed by atoms with E-state index in [1.807, 2.05) is 0 Å². The lowest BCUT2D eigenvalue weighted by Gasteiger charge is -2.32. The summed E-state index contributed by atoms with van der Waals surface area (Å²) in [5, 5.41) is 31.4. The average molecular weight is 849 g/mol. The van der Waals surface area contributed by atoms with Crippen LogP contribution in [0.25, 0.3) is 0 Å². The van der Waals surface area contributed by atoms with Gasteiger partial charge < -0.3 is 29.0 Å². The van der Waals surface area contributed by atoms with Gasteiger partial charge in [-0.05, 0) is 38.0 Å². The summed E-state index contributed by atoms with van der Waals surface area (Å²) in [5.41, 5.74) is -2.53. The van der Waals surface area contributed by atoms with Crippen LogP contribution in [0, 0.1) is 12.3 Å². The fourth-order valence-electron chi connectivity index (χ4n) is 7.83. The van der Waals surface area contributed by atoms with Crippen LogP contribution in [0.5, 0.6) is 17.2 Å². The quantitative estimate of drug-likeness (QED) is 0.110. The Morgan fingerprint density at radius 1 is 0.607 bits per heavy atom. The molecule has 1 fully saturated rings. The Kier molecular flexibility index (Phi) is 15.6. The highest BCUT2D eigenvalue weighted by Gasteiger charge is 2.39. The van der Waals surface area contributed by atoms with Gasteiger partial charge in [0.1, 0.15) is 28.9 Å². The van der Waals surface area contributed by atoms with Crippen LogP contribution in [-0.2, 0) is 74.0 Å². The van der Waals surface area contributed by atoms with E-state index in [4.69, 9.17) is 1.37 Å². The minimum absolute atomic E-state index is 0.0375. The topological polar surface area (TPSA) is 249 Å². The number of amides is 2. The number of imide groups is 1. The highest BCUT2D eigenvalue weighted by Crippen LogP contribution is 2.39. The summed E-state index contributed by atoms with van der Waals surface area (Å²) >= 11 is 0. The fourth-order valence-corrected chi connectivity index (χ4v) is 7.83. The van der Waals surface area contributed by atoms with Crippen molar-refractivity contribution in [3.8, 4) is 17.2 Å². The van der Waals surface area contributed by atoms with E-state index in [0.29, 0.717) is 5.69 Å². The van der Waals surface area contributed by atoms with Crippen molar-refractivity contribution in [1.82, 2.24) is 18.6 Å². The molecule has 0 aliphatic carbocycles. The highest BCUT2D eigenvalue weighted by molar-refractivity contribution is 6.02. The molecule has 3 aromatic heterocycles. The maximum absolute atomic E-state index is 14.0. The second kappa shape index (κ2) is 20.8. The van der Waals surface area contributed by atoms with Crippen molar-refractivity contribution in [1.29, 1.82) is 0 Å². The maximum Gasteiger partial charge on any atom is 0.229 e. The Bertz CT molecular complexity index is 2360. The molecule has 0 aromatic carbocycles. The second-order valence-electron chi connectivity index (χ2n) is 16.0. The summed E-state index contributed by atoms with van der Waals surface area (Å²) in [7, 11) is 4.76. The summed E-state index contributed by atoms with van der Waals surface area (Å²) in [4.78, 5) is 130. The standard InChI is InChI=1S/C44H54N4O13/c1-27-22-38(56)43(61)35(47(27)4)13-10-32(53)26-44(24-30(51)8-11-33-41(59)36(54)17-19-45(33)2,25-31(52)9-12-34-42(60)37(55)18-20-46(34)3)23-29(50)7-5-6-28(49)16-21-48-39(57)14-15-40(48)58/h17-20,22,59-61H,5-16,21,23-26H2,1-4H3/i14T. The van der Waals surface area contributed by atoms with Crippen LogP contribution in [0.2, 0.25) is 0 Å². The molecule has 4 heterocycles. The lowest BCUT2D eigenvalue weighted by Crippen LogP contribution is -2.34. The van der Waals surface area contributed by atoms with E-state index < -0.39 is 106 Å². The van der Waals surface area contributed by atoms with E-state index in [2.05, 4.69) is 0 Å². The number of ketones is 5. The monoisotopic (exact) mass is 848 g/mol. The number of aromatic hydroxyl groups is 3. The molecule has 2 amide bonds. The van der Waals surface area contributed by atoms with E-state index in [1.54, 1.807) is 32.6 Å². The van der Waals surface area contributed by atoms with Gasteiger partial charge in [0.05, 0.1) is 17.1 Å². The van der Waals surface area contributed by atoms with Crippen molar-refractivity contribution in [3.05, 3.63) is 84.0 Å². The van der Waals surface area contributed by atoms with Crippen LogP contribution >= 0.6 is 0 Å². The number of hydrogen-bond acceptors (Lipinski definition) is 13. The Morgan fingerprint density at radius 3 is 1.49 bits per heavy atom. The largest absolute Gasteiger partial charge is 0.503 e. The number of likely N-dealkylation sites (tertiary alicyclic amines) is 1. The molecule has 1 aliphatic rings. The number of Topliss-reactive ketones (excluding diaryl/α,β-unsaturated/α-hetero) is 5. The minimum atomic E-state index is -1.62. The van der Waals surface area contributed by atoms with Gasteiger partial charge in [0.15, 0.2) is 17.2 Å². The van der Waals surface area contributed by atoms with Crippen LogP contribution in [0.3, 0.4) is 0 Å². The number of hydrogen-bond donors (Lipinski definition) is 3. The number of pyridine rings is 3. The highest BCUT2D eigenvalue weighted by atomic mass is 16.3. The molecule has 17 nitrogen and oxygen atoms in total. The van der Waals surface area contributed by atoms with Crippen LogP contribution < -0.4 is 16.3 Å². The summed E-state index contributed by atoms with van der Waals surface area (Å²) < 4.78 is 12.2. The normalized spacial score (nSPS) is 14.3. The molecule has 3 N–H and O–H groups in total. The lowest BCUT2D eigenvalue weighted by molar-refractivity contribution is -0.139. The first-order chi connectivity index (χ1) is 29.1. The third-order valence-electron chi connectivity index (χ3n) is 11.3. The van der Waals surface area contributed by atoms with Crippen LogP contribution in [0.15, 0.2) is 45.0 Å². The molecule has 0 bridgehead atoms. The van der Waals surface area contributed by atoms with Crippen molar-refractivity contribution < 1.29 is 50.3 Å². The van der Waals surface area contributed by atoms with E-state index in [9.17, 15) is 63.3 Å². The van der Waals surface area contributed by atoms with Gasteiger partial charge in [0, 0.05) is 142 Å². The van der Waals surface area contributed by atoms with Gasteiger partial charge >= 0.3 is 0 Å². The van der Waals surface area contributed by atoms with Gasteiger partial charge in [-0.3, -0.25) is 52.8 Å². The molecule has 0 spiro atoms. The molecule has 17 heteroatoms. The summed E-state index contributed by atoms with van der Waals surface area (Å²) in [5.74, 6) is -5.14. The molecule has 0 radical (unpaired) electrons. The first-order valence-corrected chi connectivity index (χ1v) is 20.1. The third-order valence-corrected chi connectivity index (χ3v) is 11.3. The number of aryl methyl sites for hydroxylation is 3. The van der Waals surface area contributed by atoms with Gasteiger partial charge in [0.25, 0.3) is 0 Å². The zero-order valence-corrected chi connectivity index (χ0v) is 35.0. The number of nitrogens with zero attached hydrogens (tertiary/aromatic N) is 4. The van der Waals surface area contributed by atoms with E-state index >= 15 is 0 Å². The number of carbonyl (C=O) groups excluding carboxylic acids is 7. The smallest absolute Gasteiger partial charge is 0.229 e. The molecule has 61 heavy (non-hydrogen) atoms. The number of rotatable bonds is 24. The molecule has 1 saturated heterocycles. The molecule has 328 valence electrons. The number of aromatic nitrogens is 3. The van der Waals surface area contributed by atoms with Crippen molar-refractivity contribution in [2.75, 3.05) is 6.54 Å². The van der Waals surface area contributed by atoms with E-state index in [-0.39, 0.29) is 100 Å². The van der Waals surface area contributed by atoms with E-state index in [1.165, 1.54) is 27.6 Å². The summed E-state index contributed by atoms with van der Waals surface area (Å²) in [6, 6.07) is 3.56. The van der Waals surface area contributed by atoms with Crippen molar-refractivity contribution in [2.45, 2.75) is 110 Å². The Hall–Kier alpha value is -6.26. The molecule has 1 atom stereocenters. The summed E-state index contributed by atoms with van der Waals surface area (Å²) in [6.07, 6.45) is -1.92. The van der Waals surface area contributed by atoms with Gasteiger partial charge in [-0.15, -0.1) is 0 Å². The molecule has 1 unspecified atom stereocenters. The van der Waals surface area contributed by atoms with Crippen LogP contribution in [0.1, 0.15) is 108 Å². The van der Waals surface area contributed by atoms with Gasteiger partial charge in [-0.1, -0.05) is 0 Å². The Morgan fingerprint density at radius 2 is 1.03 bits per heavy atom. The fraction of sp³-hybridized carbons (Fsp3) is 0.500. The molecule has 3 aromatic rings. The minimum Gasteiger partial charge on any atom is -0.503 e. The maximum atomic E-state index is 14.0. The average Bonchev–Trinajstić information content (AvgIpc) is 3.44. The zero-order valence-electron chi connectivity index (χ0n) is 36.0. The molecule has 4 rings (SSSR count). The van der Waals surface area contributed by atoms with Gasteiger partial charge in [-0.2, -0.15) is 0 Å². The predicted molar refractivity (Wildman–Crippen MR) is 220 cm³/mol. The third kappa shape index (κ3) is 12.6. The molecule has 1 aliphatic heterocycles. The van der Waals surface area contributed by atoms with Crippen molar-refractivity contribution in [3.63, 3.8) is 0 Å². The van der Waals surface area contributed by atoms with Crippen LogP contribution in [0.4, 0.5) is 0 Å². The van der Waals surface area contributed by atoms with Gasteiger partial charge in [0.2, 0.25) is 28.1 Å². The summed E-state index contributed by atoms with van der Waals surface area (Å²) in [6.45, 7) is 1.46. The van der Waals surface area contributed by atoms with E-state index in [0.717, 1.165) is 17.0 Å². The molecular formula is C44H54N4O13. The predicted octanol–water partition coefficient (Wildman–Crippen LogP) is 2.51. The zero-order chi connectivity index (χ0) is 46.1. The first kappa shape index (κ1) is 45.8. The first-order valence-electron chi connectivity index (χ1n) is 20.7. The number of carbonyl (C=O) groups is 7.